The van der Waals surface area contributed by atoms with Crippen LogP contribution in [-0.4, -0.2) is 11.2 Å². The lowest BCUT2D eigenvalue weighted by atomic mass is 9.95. The molecule has 0 fully saturated rings. The Balaban J connectivity index is 2.03. The van der Waals surface area contributed by atoms with Gasteiger partial charge in [-0.2, -0.15) is 0 Å². The molecule has 0 aliphatic heterocycles. The average molecular weight is 273 g/mol. The summed E-state index contributed by atoms with van der Waals surface area (Å²) < 4.78 is 1.18. The molecule has 76 valence electrons. The first kappa shape index (κ1) is 10.4. The van der Waals surface area contributed by atoms with Gasteiger partial charge in [-0.3, -0.25) is 0 Å². The Labute approximate surface area is 96.6 Å². The molecular weight excluding hydrogens is 260 g/mol. The van der Waals surface area contributed by atoms with Crippen LogP contribution in [0.15, 0.2) is 27.6 Å². The van der Waals surface area contributed by atoms with Gasteiger partial charge in [0.15, 0.2) is 0 Å². The van der Waals surface area contributed by atoms with Gasteiger partial charge < -0.3 is 5.11 Å². The summed E-state index contributed by atoms with van der Waals surface area (Å²) in [5.41, 5.74) is 1.39. The Hall–Kier alpha value is -0.120. The zero-order valence-electron chi connectivity index (χ0n) is 7.87. The fourth-order valence-electron chi connectivity index (χ4n) is 1.79. The Bertz CT molecular complexity index is 343. The van der Waals surface area contributed by atoms with E-state index in [1.807, 2.05) is 6.08 Å². The monoisotopic (exact) mass is 272 g/mol. The summed E-state index contributed by atoms with van der Waals surface area (Å²) in [6.45, 7) is 0. The third-order valence-electron chi connectivity index (χ3n) is 2.46. The van der Waals surface area contributed by atoms with E-state index in [1.54, 1.807) is 11.3 Å². The molecule has 0 spiro atoms. The van der Waals surface area contributed by atoms with Crippen molar-refractivity contribution in [3.63, 3.8) is 0 Å². The summed E-state index contributed by atoms with van der Waals surface area (Å²) in [6.07, 6.45) is 6.02. The fraction of sp³-hybridized carbons (Fsp3) is 0.455. The number of rotatable bonds is 2. The van der Waals surface area contributed by atoms with Gasteiger partial charge in [0, 0.05) is 11.3 Å². The van der Waals surface area contributed by atoms with Gasteiger partial charge in [-0.15, -0.1) is 11.3 Å². The maximum Gasteiger partial charge on any atom is 0.0723 e. The molecule has 14 heavy (non-hydrogen) atoms. The van der Waals surface area contributed by atoms with Gasteiger partial charge in [-0.1, -0.05) is 11.6 Å². The molecule has 0 saturated heterocycles. The van der Waals surface area contributed by atoms with Crippen LogP contribution in [0.2, 0.25) is 0 Å². The second kappa shape index (κ2) is 4.60. The predicted molar refractivity (Wildman–Crippen MR) is 63.7 cm³/mol. The smallest absolute Gasteiger partial charge is 0.0723 e. The minimum atomic E-state index is -0.206. The van der Waals surface area contributed by atoms with Gasteiger partial charge in [0.05, 0.1) is 9.89 Å². The van der Waals surface area contributed by atoms with E-state index in [1.165, 1.54) is 14.2 Å². The minimum absolute atomic E-state index is 0.206. The van der Waals surface area contributed by atoms with Crippen molar-refractivity contribution in [2.45, 2.75) is 31.8 Å². The Morgan fingerprint density at radius 1 is 1.50 bits per heavy atom. The molecule has 0 radical (unpaired) electrons. The third kappa shape index (κ3) is 2.69. The van der Waals surface area contributed by atoms with Gasteiger partial charge in [0.1, 0.15) is 0 Å². The second-order valence-electron chi connectivity index (χ2n) is 3.67. The molecule has 1 heterocycles. The highest BCUT2D eigenvalue weighted by Crippen LogP contribution is 2.27. The van der Waals surface area contributed by atoms with E-state index in [2.05, 4.69) is 28.1 Å². The number of thiophene rings is 1. The Morgan fingerprint density at radius 3 is 3.00 bits per heavy atom. The van der Waals surface area contributed by atoms with Crippen molar-refractivity contribution >= 4 is 27.3 Å². The SMILES string of the molecule is OC1C=C(Cc2ccc(Br)s2)CCC1. The molecule has 0 aromatic carbocycles. The third-order valence-corrected chi connectivity index (χ3v) is 4.08. The van der Waals surface area contributed by atoms with Gasteiger partial charge in [0.2, 0.25) is 0 Å². The Morgan fingerprint density at radius 2 is 2.36 bits per heavy atom. The van der Waals surface area contributed by atoms with Crippen LogP contribution in [0.4, 0.5) is 0 Å². The largest absolute Gasteiger partial charge is 0.389 e. The van der Waals surface area contributed by atoms with Crippen molar-refractivity contribution in [1.82, 2.24) is 0 Å². The molecule has 0 bridgehead atoms. The lowest BCUT2D eigenvalue weighted by molar-refractivity contribution is 0.202. The van der Waals surface area contributed by atoms with E-state index in [4.69, 9.17) is 0 Å². The molecule has 1 aliphatic carbocycles. The topological polar surface area (TPSA) is 20.2 Å². The quantitative estimate of drug-likeness (QED) is 0.817. The molecule has 1 aliphatic rings. The lowest BCUT2D eigenvalue weighted by Crippen LogP contribution is -2.09. The zero-order chi connectivity index (χ0) is 9.97. The van der Waals surface area contributed by atoms with Crippen molar-refractivity contribution in [2.75, 3.05) is 0 Å². The standard InChI is InChI=1S/C11H13BrOS/c12-11-5-4-10(14-11)7-8-2-1-3-9(13)6-8/h4-6,9,13H,1-3,7H2. The molecule has 1 N–H and O–H groups in total. The molecule has 2 rings (SSSR count). The maximum atomic E-state index is 9.48. The van der Waals surface area contributed by atoms with Crippen LogP contribution in [0.3, 0.4) is 0 Å². The summed E-state index contributed by atoms with van der Waals surface area (Å²) in [7, 11) is 0. The van der Waals surface area contributed by atoms with Crippen molar-refractivity contribution in [3.8, 4) is 0 Å². The molecule has 3 heteroatoms. The first-order valence-electron chi connectivity index (χ1n) is 4.86. The number of halogens is 1. The lowest BCUT2D eigenvalue weighted by Gasteiger charge is -2.16. The van der Waals surface area contributed by atoms with Gasteiger partial charge in [-0.25, -0.2) is 0 Å². The molecule has 0 amide bonds. The molecular formula is C11H13BrOS. The second-order valence-corrected chi connectivity index (χ2v) is 6.21. The van der Waals surface area contributed by atoms with Gasteiger partial charge >= 0.3 is 0 Å². The minimum Gasteiger partial charge on any atom is -0.389 e. The van der Waals surface area contributed by atoms with Crippen LogP contribution in [0.25, 0.3) is 0 Å². The first-order valence-corrected chi connectivity index (χ1v) is 6.47. The molecule has 1 nitrogen and oxygen atoms in total. The summed E-state index contributed by atoms with van der Waals surface area (Å²) in [5, 5.41) is 9.48. The highest BCUT2D eigenvalue weighted by atomic mass is 79.9. The summed E-state index contributed by atoms with van der Waals surface area (Å²) in [4.78, 5) is 1.37. The Kier molecular flexibility index (Phi) is 3.42. The molecule has 1 aromatic rings. The molecule has 1 unspecified atom stereocenters. The van der Waals surface area contributed by atoms with Crippen molar-refractivity contribution in [2.24, 2.45) is 0 Å². The van der Waals surface area contributed by atoms with Gasteiger partial charge in [-0.05, 0) is 47.3 Å². The van der Waals surface area contributed by atoms with Crippen LogP contribution >= 0.6 is 27.3 Å². The molecule has 1 atom stereocenters. The van der Waals surface area contributed by atoms with Gasteiger partial charge in [0.25, 0.3) is 0 Å². The highest BCUT2D eigenvalue weighted by Gasteiger charge is 2.11. The summed E-state index contributed by atoms with van der Waals surface area (Å²) >= 11 is 5.24. The van der Waals surface area contributed by atoms with Crippen LogP contribution < -0.4 is 0 Å². The number of aliphatic hydroxyl groups excluding tert-OH is 1. The van der Waals surface area contributed by atoms with E-state index >= 15 is 0 Å². The van der Waals surface area contributed by atoms with Crippen LogP contribution in [0, 0.1) is 0 Å². The number of allylic oxidation sites excluding steroid dienone is 1. The van der Waals surface area contributed by atoms with E-state index in [0.717, 1.165) is 25.7 Å². The molecule has 1 aromatic heterocycles. The average Bonchev–Trinajstić information content (AvgIpc) is 2.51. The van der Waals surface area contributed by atoms with E-state index in [-0.39, 0.29) is 6.10 Å². The van der Waals surface area contributed by atoms with Crippen LogP contribution in [0.5, 0.6) is 0 Å². The zero-order valence-corrected chi connectivity index (χ0v) is 10.3. The molecule has 0 saturated carbocycles. The summed E-state index contributed by atoms with van der Waals surface area (Å²) in [5.74, 6) is 0. The number of hydrogen-bond acceptors (Lipinski definition) is 2. The van der Waals surface area contributed by atoms with Crippen molar-refractivity contribution in [1.29, 1.82) is 0 Å². The number of aliphatic hydroxyl groups is 1. The van der Waals surface area contributed by atoms with E-state index in [9.17, 15) is 5.11 Å². The maximum absolute atomic E-state index is 9.48. The fourth-order valence-corrected chi connectivity index (χ4v) is 3.33. The van der Waals surface area contributed by atoms with Crippen molar-refractivity contribution in [3.05, 3.63) is 32.4 Å². The van der Waals surface area contributed by atoms with E-state index < -0.39 is 0 Å². The van der Waals surface area contributed by atoms with Crippen LogP contribution in [0.1, 0.15) is 24.1 Å². The predicted octanol–water partition coefficient (Wildman–Crippen LogP) is 3.52. The normalized spacial score (nSPS) is 22.1. The number of hydrogen-bond donors (Lipinski definition) is 1. The highest BCUT2D eigenvalue weighted by molar-refractivity contribution is 9.11. The van der Waals surface area contributed by atoms with Crippen molar-refractivity contribution < 1.29 is 5.11 Å². The van der Waals surface area contributed by atoms with E-state index in [0.29, 0.717) is 0 Å². The van der Waals surface area contributed by atoms with Crippen LogP contribution in [-0.2, 0) is 6.42 Å². The first-order chi connectivity index (χ1) is 6.74. The summed E-state index contributed by atoms with van der Waals surface area (Å²) in [6, 6.07) is 4.23.